The Bertz CT molecular complexity index is 993. The van der Waals surface area contributed by atoms with Crippen LogP contribution < -0.4 is 10.9 Å². The summed E-state index contributed by atoms with van der Waals surface area (Å²) < 4.78 is 1.73. The highest BCUT2D eigenvalue weighted by Crippen LogP contribution is 2.22. The molecule has 0 fully saturated rings. The number of rotatable bonds is 7. The predicted molar refractivity (Wildman–Crippen MR) is 108 cm³/mol. The van der Waals surface area contributed by atoms with Gasteiger partial charge in [-0.25, -0.2) is 9.97 Å². The number of unbranched alkanes of at least 4 members (excludes halogenated alkanes) is 1. The summed E-state index contributed by atoms with van der Waals surface area (Å²) in [4.78, 5) is 32.9. The Labute approximate surface area is 158 Å². The quantitative estimate of drug-likeness (QED) is 0.687. The van der Waals surface area contributed by atoms with Crippen LogP contribution in [0.15, 0.2) is 47.7 Å². The van der Waals surface area contributed by atoms with Crippen LogP contribution in [-0.2, 0) is 11.3 Å². The first-order valence-electron chi connectivity index (χ1n) is 9.38. The molecule has 3 rings (SSSR count). The molecule has 0 saturated heterocycles. The van der Waals surface area contributed by atoms with Crippen molar-refractivity contribution in [1.29, 1.82) is 0 Å². The number of carbonyl (C=O) groups is 1. The largest absolute Gasteiger partial charge is 0.315 e. The smallest absolute Gasteiger partial charge is 0.258 e. The lowest BCUT2D eigenvalue weighted by molar-refractivity contribution is -0.116. The molecule has 0 saturated carbocycles. The zero-order valence-electron chi connectivity index (χ0n) is 15.7. The van der Waals surface area contributed by atoms with Gasteiger partial charge >= 0.3 is 0 Å². The SMILES string of the molecule is CCCCC(=O)Nc1ncc(-c2ccc3ccn(CCC)c(=O)c3c2)cn1. The minimum Gasteiger partial charge on any atom is -0.315 e. The number of aryl methyl sites for hydroxylation is 1. The minimum atomic E-state index is -0.0771. The van der Waals surface area contributed by atoms with Gasteiger partial charge < -0.3 is 4.57 Å². The molecule has 0 aliphatic carbocycles. The number of nitrogens with one attached hydrogen (secondary N) is 1. The highest BCUT2D eigenvalue weighted by Gasteiger charge is 2.08. The third kappa shape index (κ3) is 4.39. The zero-order valence-corrected chi connectivity index (χ0v) is 15.7. The highest BCUT2D eigenvalue weighted by atomic mass is 16.1. The molecule has 1 amide bonds. The normalized spacial score (nSPS) is 10.9. The molecule has 1 N–H and O–H groups in total. The molecule has 6 nitrogen and oxygen atoms in total. The molecule has 6 heteroatoms. The van der Waals surface area contributed by atoms with Crippen LogP contribution in [0.5, 0.6) is 0 Å². The van der Waals surface area contributed by atoms with Crippen molar-refractivity contribution in [2.45, 2.75) is 46.1 Å². The van der Waals surface area contributed by atoms with Gasteiger partial charge in [0, 0.05) is 42.5 Å². The van der Waals surface area contributed by atoms with Crippen LogP contribution in [0.2, 0.25) is 0 Å². The van der Waals surface area contributed by atoms with E-state index in [2.05, 4.69) is 15.3 Å². The van der Waals surface area contributed by atoms with E-state index < -0.39 is 0 Å². The van der Waals surface area contributed by atoms with Gasteiger partial charge in [0.15, 0.2) is 0 Å². The van der Waals surface area contributed by atoms with Gasteiger partial charge in [-0.05, 0) is 35.9 Å². The first kappa shape index (κ1) is 18.8. The molecule has 0 unspecified atom stereocenters. The number of fused-ring (bicyclic) bond motifs is 1. The number of benzene rings is 1. The summed E-state index contributed by atoms with van der Waals surface area (Å²) in [5.74, 6) is 0.220. The summed E-state index contributed by atoms with van der Waals surface area (Å²) in [6.45, 7) is 4.79. The number of anilines is 1. The van der Waals surface area contributed by atoms with Crippen molar-refractivity contribution in [3.8, 4) is 11.1 Å². The number of amides is 1. The summed E-state index contributed by atoms with van der Waals surface area (Å²) >= 11 is 0. The van der Waals surface area contributed by atoms with E-state index in [-0.39, 0.29) is 11.5 Å². The Morgan fingerprint density at radius 1 is 1.07 bits per heavy atom. The molecule has 140 valence electrons. The van der Waals surface area contributed by atoms with Crippen LogP contribution >= 0.6 is 0 Å². The van der Waals surface area contributed by atoms with E-state index in [0.29, 0.717) is 24.3 Å². The first-order valence-corrected chi connectivity index (χ1v) is 9.38. The molecular formula is C21H24N4O2. The van der Waals surface area contributed by atoms with Crippen molar-refractivity contribution >= 4 is 22.6 Å². The van der Waals surface area contributed by atoms with Gasteiger partial charge in [0.2, 0.25) is 11.9 Å². The fourth-order valence-corrected chi connectivity index (χ4v) is 2.94. The molecule has 0 atom stereocenters. The van der Waals surface area contributed by atoms with Crippen molar-refractivity contribution in [2.75, 3.05) is 5.32 Å². The minimum absolute atomic E-state index is 0.0110. The summed E-state index contributed by atoms with van der Waals surface area (Å²) in [5, 5.41) is 4.30. The van der Waals surface area contributed by atoms with Gasteiger partial charge in [-0.1, -0.05) is 32.4 Å². The predicted octanol–water partition coefficient (Wildman–Crippen LogP) is 4.00. The summed E-state index contributed by atoms with van der Waals surface area (Å²) in [7, 11) is 0. The lowest BCUT2D eigenvalue weighted by Crippen LogP contribution is -2.19. The van der Waals surface area contributed by atoms with E-state index in [4.69, 9.17) is 0 Å². The molecular weight excluding hydrogens is 340 g/mol. The van der Waals surface area contributed by atoms with E-state index in [1.807, 2.05) is 44.3 Å². The Hall–Kier alpha value is -3.02. The van der Waals surface area contributed by atoms with E-state index in [0.717, 1.165) is 35.8 Å². The third-order valence-corrected chi connectivity index (χ3v) is 4.44. The molecule has 0 radical (unpaired) electrons. The van der Waals surface area contributed by atoms with E-state index >= 15 is 0 Å². The number of pyridine rings is 1. The monoisotopic (exact) mass is 364 g/mol. The Morgan fingerprint density at radius 2 is 1.85 bits per heavy atom. The van der Waals surface area contributed by atoms with Crippen molar-refractivity contribution in [1.82, 2.24) is 14.5 Å². The van der Waals surface area contributed by atoms with Gasteiger partial charge in [0.25, 0.3) is 5.56 Å². The van der Waals surface area contributed by atoms with Crippen molar-refractivity contribution < 1.29 is 4.79 Å². The second kappa shape index (κ2) is 8.58. The Morgan fingerprint density at radius 3 is 2.56 bits per heavy atom. The van der Waals surface area contributed by atoms with Crippen molar-refractivity contribution in [2.24, 2.45) is 0 Å². The molecule has 3 aromatic rings. The average molecular weight is 364 g/mol. The molecule has 2 aromatic heterocycles. The molecule has 0 aliphatic heterocycles. The molecule has 27 heavy (non-hydrogen) atoms. The van der Waals surface area contributed by atoms with Crippen LogP contribution in [-0.4, -0.2) is 20.4 Å². The number of carbonyl (C=O) groups excluding carboxylic acids is 1. The second-order valence-electron chi connectivity index (χ2n) is 6.56. The van der Waals surface area contributed by atoms with Gasteiger partial charge in [0.05, 0.1) is 0 Å². The van der Waals surface area contributed by atoms with Crippen LogP contribution in [0, 0.1) is 0 Å². The number of nitrogens with zero attached hydrogens (tertiary/aromatic N) is 3. The lowest BCUT2D eigenvalue weighted by Gasteiger charge is -2.08. The summed E-state index contributed by atoms with van der Waals surface area (Å²) in [6, 6.07) is 7.72. The molecule has 2 heterocycles. The maximum atomic E-state index is 12.6. The second-order valence-corrected chi connectivity index (χ2v) is 6.56. The van der Waals surface area contributed by atoms with Crippen molar-refractivity contribution in [3.05, 3.63) is 53.2 Å². The van der Waals surface area contributed by atoms with Crippen molar-refractivity contribution in [3.63, 3.8) is 0 Å². The Kier molecular flexibility index (Phi) is 5.96. The number of hydrogen-bond donors (Lipinski definition) is 1. The molecule has 1 aromatic carbocycles. The third-order valence-electron chi connectivity index (χ3n) is 4.44. The van der Waals surface area contributed by atoms with Crippen LogP contribution in [0.1, 0.15) is 39.5 Å². The average Bonchev–Trinajstić information content (AvgIpc) is 2.69. The van der Waals surface area contributed by atoms with E-state index in [1.54, 1.807) is 17.0 Å². The molecule has 0 spiro atoms. The van der Waals surface area contributed by atoms with Gasteiger partial charge in [-0.2, -0.15) is 0 Å². The molecule has 0 aliphatic rings. The number of hydrogen-bond acceptors (Lipinski definition) is 4. The van der Waals surface area contributed by atoms with Crippen LogP contribution in [0.3, 0.4) is 0 Å². The van der Waals surface area contributed by atoms with Crippen LogP contribution in [0.25, 0.3) is 21.9 Å². The fourth-order valence-electron chi connectivity index (χ4n) is 2.94. The maximum absolute atomic E-state index is 12.6. The highest BCUT2D eigenvalue weighted by molar-refractivity contribution is 5.89. The fraction of sp³-hybridized carbons (Fsp3) is 0.333. The molecule has 0 bridgehead atoms. The van der Waals surface area contributed by atoms with Gasteiger partial charge in [-0.3, -0.25) is 14.9 Å². The standard InChI is InChI=1S/C21H24N4O2/c1-3-5-6-19(26)24-21-22-13-17(14-23-21)16-8-7-15-9-11-25(10-4-2)20(27)18(15)12-16/h7-9,11-14H,3-6,10H2,1-2H3,(H,22,23,24,26). The van der Waals surface area contributed by atoms with E-state index in [9.17, 15) is 9.59 Å². The summed E-state index contributed by atoms with van der Waals surface area (Å²) in [5.41, 5.74) is 1.68. The van der Waals surface area contributed by atoms with Gasteiger partial charge in [0.1, 0.15) is 0 Å². The topological polar surface area (TPSA) is 76.9 Å². The zero-order chi connectivity index (χ0) is 19.2. The number of aromatic nitrogens is 3. The summed E-state index contributed by atoms with van der Waals surface area (Å²) in [6.07, 6.45) is 8.35. The Balaban J connectivity index is 1.85. The maximum Gasteiger partial charge on any atom is 0.258 e. The lowest BCUT2D eigenvalue weighted by atomic mass is 10.0. The van der Waals surface area contributed by atoms with E-state index in [1.165, 1.54) is 0 Å². The van der Waals surface area contributed by atoms with Gasteiger partial charge in [-0.15, -0.1) is 0 Å². The van der Waals surface area contributed by atoms with Crippen LogP contribution in [0.4, 0.5) is 5.95 Å². The first-order chi connectivity index (χ1) is 13.1.